The molecular weight excluding hydrogens is 300 g/mol. The number of hydrogen-bond donors (Lipinski definition) is 0. The van der Waals surface area contributed by atoms with Crippen LogP contribution in [0.2, 0.25) is 0 Å². The highest BCUT2D eigenvalue weighted by atomic mass is 16.2. The second-order valence-electron chi connectivity index (χ2n) is 6.63. The van der Waals surface area contributed by atoms with E-state index < -0.39 is 0 Å². The van der Waals surface area contributed by atoms with Crippen LogP contribution in [0.25, 0.3) is 0 Å². The quantitative estimate of drug-likeness (QED) is 0.799. The van der Waals surface area contributed by atoms with Crippen LogP contribution in [0.1, 0.15) is 35.4 Å². The zero-order valence-corrected chi connectivity index (χ0v) is 13.7. The molecule has 2 amide bonds. The first kappa shape index (κ1) is 15.1. The second-order valence-corrected chi connectivity index (χ2v) is 6.63. The first-order valence-electron chi connectivity index (χ1n) is 8.36. The Labute approximate surface area is 141 Å². The van der Waals surface area contributed by atoms with Gasteiger partial charge >= 0.3 is 0 Å². The maximum Gasteiger partial charge on any atom is 0.234 e. The number of anilines is 1. The summed E-state index contributed by atoms with van der Waals surface area (Å²) < 4.78 is 0. The molecular formula is C20H20N2O2. The molecule has 2 aromatic carbocycles. The Balaban J connectivity index is 1.84. The van der Waals surface area contributed by atoms with Gasteiger partial charge < -0.3 is 4.90 Å². The molecule has 122 valence electrons. The van der Waals surface area contributed by atoms with Gasteiger partial charge in [0.15, 0.2) is 0 Å². The van der Waals surface area contributed by atoms with Crippen molar-refractivity contribution in [2.45, 2.75) is 25.3 Å². The summed E-state index contributed by atoms with van der Waals surface area (Å²) in [5.41, 5.74) is 4.41. The lowest BCUT2D eigenvalue weighted by Crippen LogP contribution is -2.34. The first-order chi connectivity index (χ1) is 11.6. The molecule has 1 saturated heterocycles. The largest absolute Gasteiger partial charge is 0.301 e. The summed E-state index contributed by atoms with van der Waals surface area (Å²) in [7, 11) is 2.11. The van der Waals surface area contributed by atoms with E-state index in [0.29, 0.717) is 12.8 Å². The SMILES string of the molecule is CN1Cc2ccccc2[C@H](c2ccccc2N2C(=O)CCC2=O)C1. The van der Waals surface area contributed by atoms with Gasteiger partial charge in [-0.05, 0) is 29.8 Å². The number of hydrogen-bond acceptors (Lipinski definition) is 3. The van der Waals surface area contributed by atoms with Crippen molar-refractivity contribution in [2.75, 3.05) is 18.5 Å². The minimum atomic E-state index is -0.0927. The molecule has 0 aromatic heterocycles. The molecule has 2 heterocycles. The summed E-state index contributed by atoms with van der Waals surface area (Å²) in [6.45, 7) is 1.81. The average Bonchev–Trinajstić information content (AvgIpc) is 2.92. The highest BCUT2D eigenvalue weighted by molar-refractivity contribution is 6.20. The summed E-state index contributed by atoms with van der Waals surface area (Å²) in [5.74, 6) is -0.0212. The van der Waals surface area contributed by atoms with E-state index >= 15 is 0 Å². The van der Waals surface area contributed by atoms with Crippen molar-refractivity contribution in [3.8, 4) is 0 Å². The summed E-state index contributed by atoms with van der Waals surface area (Å²) >= 11 is 0. The van der Waals surface area contributed by atoms with Crippen LogP contribution in [-0.2, 0) is 16.1 Å². The van der Waals surface area contributed by atoms with E-state index in [2.05, 4.69) is 42.3 Å². The van der Waals surface area contributed by atoms with E-state index in [1.807, 2.05) is 18.2 Å². The van der Waals surface area contributed by atoms with Crippen LogP contribution in [0.15, 0.2) is 48.5 Å². The van der Waals surface area contributed by atoms with Crippen LogP contribution in [0, 0.1) is 0 Å². The molecule has 2 aliphatic heterocycles. The Morgan fingerprint density at radius 1 is 0.875 bits per heavy atom. The molecule has 0 saturated carbocycles. The number of benzene rings is 2. The zero-order valence-electron chi connectivity index (χ0n) is 13.7. The van der Waals surface area contributed by atoms with Gasteiger partial charge in [-0.1, -0.05) is 42.5 Å². The Morgan fingerprint density at radius 3 is 2.25 bits per heavy atom. The van der Waals surface area contributed by atoms with E-state index in [1.165, 1.54) is 16.0 Å². The van der Waals surface area contributed by atoms with Crippen molar-refractivity contribution < 1.29 is 9.59 Å². The fraction of sp³-hybridized carbons (Fsp3) is 0.300. The number of imide groups is 1. The van der Waals surface area contributed by atoms with Gasteiger partial charge in [0, 0.05) is 31.8 Å². The van der Waals surface area contributed by atoms with Crippen LogP contribution in [0.4, 0.5) is 5.69 Å². The third-order valence-corrected chi connectivity index (χ3v) is 4.97. The highest BCUT2D eigenvalue weighted by Gasteiger charge is 2.34. The number of rotatable bonds is 2. The number of carbonyl (C=O) groups excluding carboxylic acids is 2. The lowest BCUT2D eigenvalue weighted by molar-refractivity contribution is -0.121. The standard InChI is InChI=1S/C20H20N2O2/c1-21-12-14-6-2-3-7-15(14)17(13-21)16-8-4-5-9-18(16)22-19(23)10-11-20(22)24/h2-9,17H,10-13H2,1H3/t17-/m1/s1. The molecule has 2 aliphatic rings. The number of fused-ring (bicyclic) bond motifs is 1. The topological polar surface area (TPSA) is 40.6 Å². The molecule has 0 aliphatic carbocycles. The minimum absolute atomic E-state index is 0.0927. The predicted molar refractivity (Wildman–Crippen MR) is 92.8 cm³/mol. The fourth-order valence-electron chi connectivity index (χ4n) is 3.88. The molecule has 1 fully saturated rings. The Morgan fingerprint density at radius 2 is 1.50 bits per heavy atom. The zero-order chi connectivity index (χ0) is 16.7. The van der Waals surface area contributed by atoms with Gasteiger partial charge in [0.1, 0.15) is 0 Å². The van der Waals surface area contributed by atoms with Crippen LogP contribution < -0.4 is 4.90 Å². The summed E-state index contributed by atoms with van der Waals surface area (Å²) in [6.07, 6.45) is 0.628. The Kier molecular flexibility index (Phi) is 3.69. The normalized spacial score (nSPS) is 21.2. The van der Waals surface area contributed by atoms with E-state index in [4.69, 9.17) is 0 Å². The summed E-state index contributed by atoms with van der Waals surface area (Å²) in [4.78, 5) is 28.1. The van der Waals surface area contributed by atoms with Gasteiger partial charge in [-0.3, -0.25) is 14.5 Å². The fourth-order valence-corrected chi connectivity index (χ4v) is 3.88. The number of amides is 2. The Hall–Kier alpha value is -2.46. The molecule has 0 bridgehead atoms. The third kappa shape index (κ3) is 2.43. The lowest BCUT2D eigenvalue weighted by Gasteiger charge is -2.34. The van der Waals surface area contributed by atoms with Crippen molar-refractivity contribution >= 4 is 17.5 Å². The third-order valence-electron chi connectivity index (χ3n) is 4.97. The molecule has 0 spiro atoms. The van der Waals surface area contributed by atoms with Crippen molar-refractivity contribution in [3.63, 3.8) is 0 Å². The molecule has 0 N–H and O–H groups in total. The maximum atomic E-state index is 12.2. The monoisotopic (exact) mass is 320 g/mol. The number of para-hydroxylation sites is 1. The van der Waals surface area contributed by atoms with Gasteiger partial charge in [0.05, 0.1) is 5.69 Å². The molecule has 4 rings (SSSR count). The predicted octanol–water partition coefficient (Wildman–Crippen LogP) is 2.92. The maximum absolute atomic E-state index is 12.2. The lowest BCUT2D eigenvalue weighted by atomic mass is 9.84. The molecule has 0 unspecified atom stereocenters. The van der Waals surface area contributed by atoms with E-state index in [0.717, 1.165) is 24.3 Å². The van der Waals surface area contributed by atoms with E-state index in [-0.39, 0.29) is 17.7 Å². The number of likely N-dealkylation sites (N-methyl/N-ethyl adjacent to an activating group) is 1. The highest BCUT2D eigenvalue weighted by Crippen LogP contribution is 2.38. The number of nitrogens with zero attached hydrogens (tertiary/aromatic N) is 2. The molecule has 1 atom stereocenters. The van der Waals surface area contributed by atoms with Crippen molar-refractivity contribution in [2.24, 2.45) is 0 Å². The Bertz CT molecular complexity index is 799. The first-order valence-corrected chi connectivity index (χ1v) is 8.36. The smallest absolute Gasteiger partial charge is 0.234 e. The van der Waals surface area contributed by atoms with Gasteiger partial charge in [0.25, 0.3) is 0 Å². The van der Waals surface area contributed by atoms with Crippen molar-refractivity contribution in [1.29, 1.82) is 0 Å². The molecule has 0 radical (unpaired) electrons. The van der Waals surface area contributed by atoms with Gasteiger partial charge in [-0.2, -0.15) is 0 Å². The van der Waals surface area contributed by atoms with Crippen LogP contribution >= 0.6 is 0 Å². The summed E-state index contributed by atoms with van der Waals surface area (Å²) in [5, 5.41) is 0. The molecule has 24 heavy (non-hydrogen) atoms. The number of carbonyl (C=O) groups is 2. The van der Waals surface area contributed by atoms with Gasteiger partial charge in [0.2, 0.25) is 11.8 Å². The van der Waals surface area contributed by atoms with Crippen molar-refractivity contribution in [3.05, 3.63) is 65.2 Å². The average molecular weight is 320 g/mol. The second kappa shape index (κ2) is 5.87. The van der Waals surface area contributed by atoms with Crippen LogP contribution in [-0.4, -0.2) is 30.3 Å². The summed E-state index contributed by atoms with van der Waals surface area (Å²) in [6, 6.07) is 16.3. The van der Waals surface area contributed by atoms with Crippen molar-refractivity contribution in [1.82, 2.24) is 4.90 Å². The van der Waals surface area contributed by atoms with Crippen LogP contribution in [0.5, 0.6) is 0 Å². The van der Waals surface area contributed by atoms with E-state index in [1.54, 1.807) is 0 Å². The molecule has 2 aromatic rings. The van der Waals surface area contributed by atoms with E-state index in [9.17, 15) is 9.59 Å². The minimum Gasteiger partial charge on any atom is -0.301 e. The molecule has 4 heteroatoms. The van der Waals surface area contributed by atoms with Crippen LogP contribution in [0.3, 0.4) is 0 Å². The molecule has 4 nitrogen and oxygen atoms in total. The van der Waals surface area contributed by atoms with Gasteiger partial charge in [-0.15, -0.1) is 0 Å². The van der Waals surface area contributed by atoms with Gasteiger partial charge in [-0.25, -0.2) is 0 Å².